The monoisotopic (exact) mass is 297 g/mol. The molecule has 0 aliphatic carbocycles. The van der Waals surface area contributed by atoms with Gasteiger partial charge in [-0.05, 0) is 36.8 Å². The number of carbonyl (C=O) groups excluding carboxylic acids is 1. The highest BCUT2D eigenvalue weighted by molar-refractivity contribution is 6.33. The molecular weight excluding hydrogens is 274 g/mol. The standard InChI is InChI=1S/C15H24ClN3O/c1-15(2,3)11(6-8-17)4-5-14(20)19-13-10-18-9-7-12(13)16/h7,9-11H,4-6,8,17H2,1-3H3,(H,19,20). The van der Waals surface area contributed by atoms with Crippen LogP contribution >= 0.6 is 11.6 Å². The molecule has 1 atom stereocenters. The van der Waals surface area contributed by atoms with Crippen LogP contribution in [0, 0.1) is 11.3 Å². The van der Waals surface area contributed by atoms with Crippen molar-refractivity contribution in [3.05, 3.63) is 23.5 Å². The van der Waals surface area contributed by atoms with E-state index in [2.05, 4.69) is 31.1 Å². The number of amides is 1. The Hall–Kier alpha value is -1.13. The third kappa shape index (κ3) is 5.47. The lowest BCUT2D eigenvalue weighted by atomic mass is 9.76. The summed E-state index contributed by atoms with van der Waals surface area (Å²) < 4.78 is 0. The fourth-order valence-corrected chi connectivity index (χ4v) is 2.35. The molecule has 1 amide bonds. The predicted molar refractivity (Wildman–Crippen MR) is 83.7 cm³/mol. The van der Waals surface area contributed by atoms with Gasteiger partial charge in [-0.2, -0.15) is 0 Å². The molecule has 112 valence electrons. The molecule has 0 saturated carbocycles. The van der Waals surface area contributed by atoms with Crippen molar-refractivity contribution < 1.29 is 4.79 Å². The van der Waals surface area contributed by atoms with E-state index in [1.807, 2.05) is 0 Å². The van der Waals surface area contributed by atoms with Crippen LogP contribution in [-0.4, -0.2) is 17.4 Å². The van der Waals surface area contributed by atoms with Crippen molar-refractivity contribution in [3.63, 3.8) is 0 Å². The SMILES string of the molecule is CC(C)(C)C(CCN)CCC(=O)Nc1cnccc1Cl. The number of hydrogen-bond acceptors (Lipinski definition) is 3. The zero-order valence-electron chi connectivity index (χ0n) is 12.4. The molecule has 0 fully saturated rings. The first-order chi connectivity index (χ1) is 9.34. The number of hydrogen-bond donors (Lipinski definition) is 2. The molecule has 1 unspecified atom stereocenters. The first-order valence-corrected chi connectivity index (χ1v) is 7.32. The van der Waals surface area contributed by atoms with Gasteiger partial charge in [-0.3, -0.25) is 9.78 Å². The maximum absolute atomic E-state index is 12.0. The van der Waals surface area contributed by atoms with Crippen molar-refractivity contribution in [3.8, 4) is 0 Å². The molecule has 1 aromatic rings. The first kappa shape index (κ1) is 16.9. The van der Waals surface area contributed by atoms with Crippen molar-refractivity contribution in [1.29, 1.82) is 0 Å². The second-order valence-corrected chi connectivity index (χ2v) is 6.49. The molecule has 5 heteroatoms. The number of pyridine rings is 1. The van der Waals surface area contributed by atoms with Crippen LogP contribution in [0.2, 0.25) is 5.02 Å². The second-order valence-electron chi connectivity index (χ2n) is 6.08. The smallest absolute Gasteiger partial charge is 0.224 e. The van der Waals surface area contributed by atoms with Gasteiger partial charge in [-0.15, -0.1) is 0 Å². The van der Waals surface area contributed by atoms with Gasteiger partial charge < -0.3 is 11.1 Å². The fourth-order valence-electron chi connectivity index (χ4n) is 2.20. The highest BCUT2D eigenvalue weighted by Crippen LogP contribution is 2.32. The number of nitrogens with one attached hydrogen (secondary N) is 1. The van der Waals surface area contributed by atoms with Crippen molar-refractivity contribution in [1.82, 2.24) is 4.98 Å². The summed E-state index contributed by atoms with van der Waals surface area (Å²) in [6.45, 7) is 7.20. The Labute approximate surface area is 126 Å². The van der Waals surface area contributed by atoms with E-state index in [0.29, 0.717) is 29.6 Å². The Morgan fingerprint density at radius 2 is 2.15 bits per heavy atom. The van der Waals surface area contributed by atoms with Gasteiger partial charge in [0.2, 0.25) is 5.91 Å². The maximum atomic E-state index is 12.0. The third-order valence-electron chi connectivity index (χ3n) is 3.50. The van der Waals surface area contributed by atoms with Gasteiger partial charge in [0.15, 0.2) is 0 Å². The van der Waals surface area contributed by atoms with Crippen LogP contribution in [0.3, 0.4) is 0 Å². The van der Waals surface area contributed by atoms with Gasteiger partial charge in [0, 0.05) is 12.6 Å². The minimum atomic E-state index is -0.0360. The summed E-state index contributed by atoms with van der Waals surface area (Å²) in [5.74, 6) is 0.397. The molecule has 1 heterocycles. The van der Waals surface area contributed by atoms with Crippen molar-refractivity contribution >= 4 is 23.2 Å². The molecule has 0 saturated heterocycles. The molecule has 0 radical (unpaired) electrons. The van der Waals surface area contributed by atoms with Crippen LogP contribution in [0.25, 0.3) is 0 Å². The van der Waals surface area contributed by atoms with E-state index >= 15 is 0 Å². The minimum Gasteiger partial charge on any atom is -0.330 e. The van der Waals surface area contributed by atoms with Crippen LogP contribution in [-0.2, 0) is 4.79 Å². The van der Waals surface area contributed by atoms with E-state index in [-0.39, 0.29) is 11.3 Å². The summed E-state index contributed by atoms with van der Waals surface area (Å²) in [6.07, 6.45) is 5.37. The summed E-state index contributed by atoms with van der Waals surface area (Å²) in [4.78, 5) is 15.9. The van der Waals surface area contributed by atoms with Crippen molar-refractivity contribution in [2.75, 3.05) is 11.9 Å². The summed E-state index contributed by atoms with van der Waals surface area (Å²) in [5, 5.41) is 3.30. The lowest BCUT2D eigenvalue weighted by molar-refractivity contribution is -0.116. The summed E-state index contributed by atoms with van der Waals surface area (Å²) in [7, 11) is 0. The lowest BCUT2D eigenvalue weighted by Crippen LogP contribution is -2.25. The van der Waals surface area contributed by atoms with Gasteiger partial charge >= 0.3 is 0 Å². The molecule has 0 aliphatic rings. The Balaban J connectivity index is 2.52. The summed E-state index contributed by atoms with van der Waals surface area (Å²) >= 11 is 5.98. The van der Waals surface area contributed by atoms with E-state index in [1.54, 1.807) is 18.5 Å². The Morgan fingerprint density at radius 3 is 2.70 bits per heavy atom. The number of halogens is 1. The largest absolute Gasteiger partial charge is 0.330 e. The molecule has 0 spiro atoms. The van der Waals surface area contributed by atoms with Crippen LogP contribution < -0.4 is 11.1 Å². The normalized spacial score (nSPS) is 13.1. The van der Waals surface area contributed by atoms with Gasteiger partial charge in [-0.25, -0.2) is 0 Å². The van der Waals surface area contributed by atoms with Crippen LogP contribution in [0.5, 0.6) is 0 Å². The van der Waals surface area contributed by atoms with Crippen molar-refractivity contribution in [2.45, 2.75) is 40.0 Å². The number of carbonyl (C=O) groups is 1. The van der Waals surface area contributed by atoms with E-state index in [4.69, 9.17) is 17.3 Å². The molecular formula is C15H24ClN3O. The predicted octanol–water partition coefficient (Wildman–Crippen LogP) is 3.46. The molecule has 0 bridgehead atoms. The van der Waals surface area contributed by atoms with Crippen LogP contribution in [0.15, 0.2) is 18.5 Å². The Morgan fingerprint density at radius 1 is 1.45 bits per heavy atom. The molecule has 0 aromatic carbocycles. The number of nitrogens with zero attached hydrogens (tertiary/aromatic N) is 1. The lowest BCUT2D eigenvalue weighted by Gasteiger charge is -2.30. The quantitative estimate of drug-likeness (QED) is 0.845. The molecule has 1 aromatic heterocycles. The first-order valence-electron chi connectivity index (χ1n) is 6.94. The second kappa shape index (κ2) is 7.60. The number of rotatable bonds is 6. The average Bonchev–Trinajstić information content (AvgIpc) is 2.36. The Kier molecular flexibility index (Phi) is 6.43. The van der Waals surface area contributed by atoms with Crippen LogP contribution in [0.1, 0.15) is 40.0 Å². The highest BCUT2D eigenvalue weighted by Gasteiger charge is 2.24. The third-order valence-corrected chi connectivity index (χ3v) is 3.83. The Bertz CT molecular complexity index is 443. The van der Waals surface area contributed by atoms with E-state index in [0.717, 1.165) is 12.8 Å². The molecule has 0 aliphatic heterocycles. The van der Waals surface area contributed by atoms with Gasteiger partial charge in [-0.1, -0.05) is 32.4 Å². The van der Waals surface area contributed by atoms with Gasteiger partial charge in [0.25, 0.3) is 0 Å². The zero-order valence-corrected chi connectivity index (χ0v) is 13.2. The van der Waals surface area contributed by atoms with Crippen molar-refractivity contribution in [2.24, 2.45) is 17.1 Å². The van der Waals surface area contributed by atoms with E-state index < -0.39 is 0 Å². The molecule has 1 rings (SSSR count). The summed E-state index contributed by atoms with van der Waals surface area (Å²) in [6, 6.07) is 1.66. The molecule has 4 nitrogen and oxygen atoms in total. The maximum Gasteiger partial charge on any atom is 0.224 e. The van der Waals surface area contributed by atoms with E-state index in [9.17, 15) is 4.79 Å². The highest BCUT2D eigenvalue weighted by atomic mass is 35.5. The zero-order chi connectivity index (χ0) is 15.2. The molecule has 20 heavy (non-hydrogen) atoms. The fraction of sp³-hybridized carbons (Fsp3) is 0.600. The number of anilines is 1. The van der Waals surface area contributed by atoms with E-state index in [1.165, 1.54) is 0 Å². The van der Waals surface area contributed by atoms with Gasteiger partial charge in [0.1, 0.15) is 0 Å². The van der Waals surface area contributed by atoms with Gasteiger partial charge in [0.05, 0.1) is 16.9 Å². The average molecular weight is 298 g/mol. The topological polar surface area (TPSA) is 68.0 Å². The number of nitrogens with two attached hydrogens (primary N) is 1. The van der Waals surface area contributed by atoms with Crippen LogP contribution in [0.4, 0.5) is 5.69 Å². The minimum absolute atomic E-state index is 0.0360. The number of aromatic nitrogens is 1. The summed E-state index contributed by atoms with van der Waals surface area (Å²) in [5.41, 5.74) is 6.37. The molecule has 3 N–H and O–H groups in total.